The standard InChI is InChI=1S/C26H30N4O3/c1-16(2)23(27-24(31)20-11-9-10-17(3)14-20)26(33)29-28-25(32)22-15-18(4)30(19(22)5)21-12-7-6-8-13-21/h6-16,23H,1-5H3,(H,27,31)(H,28,32)(H,29,33). The molecule has 3 N–H and O–H groups in total. The Labute approximate surface area is 194 Å². The highest BCUT2D eigenvalue weighted by Gasteiger charge is 2.26. The molecule has 1 aromatic heterocycles. The molecular formula is C26H30N4O3. The quantitative estimate of drug-likeness (QED) is 0.505. The number of para-hydroxylation sites is 1. The van der Waals surface area contributed by atoms with Gasteiger partial charge in [-0.25, -0.2) is 0 Å². The molecule has 0 aliphatic rings. The maximum Gasteiger partial charge on any atom is 0.271 e. The maximum absolute atomic E-state index is 12.8. The number of amides is 3. The van der Waals surface area contributed by atoms with E-state index in [-0.39, 0.29) is 11.8 Å². The maximum atomic E-state index is 12.8. The first-order valence-corrected chi connectivity index (χ1v) is 10.9. The summed E-state index contributed by atoms with van der Waals surface area (Å²) in [5.74, 6) is -1.44. The summed E-state index contributed by atoms with van der Waals surface area (Å²) >= 11 is 0. The number of benzene rings is 2. The van der Waals surface area contributed by atoms with Crippen LogP contribution in [0.15, 0.2) is 60.7 Å². The Morgan fingerprint density at radius 1 is 0.818 bits per heavy atom. The topological polar surface area (TPSA) is 92.2 Å². The molecule has 0 bridgehead atoms. The molecule has 0 aliphatic carbocycles. The molecule has 1 unspecified atom stereocenters. The molecule has 172 valence electrons. The molecule has 3 aromatic rings. The van der Waals surface area contributed by atoms with Crippen LogP contribution in [0, 0.1) is 26.7 Å². The number of hydrogen-bond acceptors (Lipinski definition) is 3. The third-order valence-electron chi connectivity index (χ3n) is 5.51. The molecule has 3 amide bonds. The van der Waals surface area contributed by atoms with Crippen molar-refractivity contribution >= 4 is 17.7 Å². The highest BCUT2D eigenvalue weighted by molar-refractivity contribution is 5.99. The van der Waals surface area contributed by atoms with Crippen molar-refractivity contribution in [3.8, 4) is 5.69 Å². The first kappa shape index (κ1) is 23.8. The second-order valence-corrected chi connectivity index (χ2v) is 8.46. The minimum Gasteiger partial charge on any atom is -0.340 e. The summed E-state index contributed by atoms with van der Waals surface area (Å²) in [7, 11) is 0. The largest absolute Gasteiger partial charge is 0.340 e. The predicted octanol–water partition coefficient (Wildman–Crippen LogP) is 3.62. The second kappa shape index (κ2) is 10.2. The van der Waals surface area contributed by atoms with Gasteiger partial charge < -0.3 is 9.88 Å². The number of aryl methyl sites for hydroxylation is 2. The van der Waals surface area contributed by atoms with Crippen LogP contribution in [0.5, 0.6) is 0 Å². The van der Waals surface area contributed by atoms with Crippen LogP contribution in [0.4, 0.5) is 0 Å². The molecule has 7 nitrogen and oxygen atoms in total. The Balaban J connectivity index is 1.68. The fraction of sp³-hybridized carbons (Fsp3) is 0.269. The molecule has 33 heavy (non-hydrogen) atoms. The lowest BCUT2D eigenvalue weighted by Crippen LogP contribution is -2.54. The van der Waals surface area contributed by atoms with E-state index in [0.29, 0.717) is 11.1 Å². The third kappa shape index (κ3) is 5.49. The zero-order chi connectivity index (χ0) is 24.1. The van der Waals surface area contributed by atoms with Gasteiger partial charge >= 0.3 is 0 Å². The van der Waals surface area contributed by atoms with Gasteiger partial charge in [-0.15, -0.1) is 0 Å². The van der Waals surface area contributed by atoms with Gasteiger partial charge in [0.2, 0.25) is 0 Å². The molecule has 7 heteroatoms. The lowest BCUT2D eigenvalue weighted by molar-refractivity contribution is -0.124. The smallest absolute Gasteiger partial charge is 0.271 e. The van der Waals surface area contributed by atoms with Crippen LogP contribution >= 0.6 is 0 Å². The van der Waals surface area contributed by atoms with Crippen molar-refractivity contribution in [3.05, 3.63) is 88.7 Å². The summed E-state index contributed by atoms with van der Waals surface area (Å²) < 4.78 is 1.98. The molecule has 2 aromatic carbocycles. The molecule has 0 saturated heterocycles. The zero-order valence-corrected chi connectivity index (χ0v) is 19.6. The zero-order valence-electron chi connectivity index (χ0n) is 19.6. The molecular weight excluding hydrogens is 416 g/mol. The van der Waals surface area contributed by atoms with E-state index in [1.807, 2.05) is 75.6 Å². The number of carbonyl (C=O) groups excluding carboxylic acids is 3. The number of nitrogens with one attached hydrogen (secondary N) is 3. The van der Waals surface area contributed by atoms with E-state index in [9.17, 15) is 14.4 Å². The van der Waals surface area contributed by atoms with E-state index in [1.54, 1.807) is 24.3 Å². The van der Waals surface area contributed by atoms with Crippen LogP contribution in [-0.4, -0.2) is 28.3 Å². The van der Waals surface area contributed by atoms with E-state index in [2.05, 4.69) is 16.2 Å². The molecule has 3 rings (SSSR count). The molecule has 0 fully saturated rings. The van der Waals surface area contributed by atoms with Gasteiger partial charge in [0.1, 0.15) is 6.04 Å². The Bertz CT molecular complexity index is 1170. The SMILES string of the molecule is Cc1cccc(C(=O)NC(C(=O)NNC(=O)c2cc(C)n(-c3ccccc3)c2C)C(C)C)c1. The number of aromatic nitrogens is 1. The van der Waals surface area contributed by atoms with Gasteiger partial charge in [-0.3, -0.25) is 25.2 Å². The number of carbonyl (C=O) groups is 3. The highest BCUT2D eigenvalue weighted by atomic mass is 16.2. The van der Waals surface area contributed by atoms with Gasteiger partial charge in [0.15, 0.2) is 0 Å². The van der Waals surface area contributed by atoms with Gasteiger partial charge in [-0.05, 0) is 57.0 Å². The summed E-state index contributed by atoms with van der Waals surface area (Å²) in [5.41, 5.74) is 9.46. The number of hydrogen-bond donors (Lipinski definition) is 3. The average Bonchev–Trinajstić information content (AvgIpc) is 3.09. The summed E-state index contributed by atoms with van der Waals surface area (Å²) in [6, 6.07) is 17.9. The molecule has 0 saturated carbocycles. The van der Waals surface area contributed by atoms with Crippen molar-refractivity contribution in [1.29, 1.82) is 0 Å². The van der Waals surface area contributed by atoms with Crippen molar-refractivity contribution in [2.45, 2.75) is 40.7 Å². The number of nitrogens with zero attached hydrogens (tertiary/aromatic N) is 1. The van der Waals surface area contributed by atoms with E-state index >= 15 is 0 Å². The summed E-state index contributed by atoms with van der Waals surface area (Å²) in [4.78, 5) is 38.2. The minimum atomic E-state index is -0.810. The van der Waals surface area contributed by atoms with Crippen molar-refractivity contribution in [3.63, 3.8) is 0 Å². The van der Waals surface area contributed by atoms with E-state index in [1.165, 1.54) is 0 Å². The summed E-state index contributed by atoms with van der Waals surface area (Å²) in [5, 5.41) is 2.76. The van der Waals surface area contributed by atoms with Crippen molar-refractivity contribution in [1.82, 2.24) is 20.7 Å². The molecule has 1 heterocycles. The summed E-state index contributed by atoms with van der Waals surface area (Å²) in [6.07, 6.45) is 0. The normalized spacial score (nSPS) is 11.7. The fourth-order valence-electron chi connectivity index (χ4n) is 3.78. The van der Waals surface area contributed by atoms with Crippen LogP contribution in [0.1, 0.15) is 51.5 Å². The van der Waals surface area contributed by atoms with Gasteiger partial charge in [0.05, 0.1) is 5.56 Å². The van der Waals surface area contributed by atoms with Crippen molar-refractivity contribution in [2.75, 3.05) is 0 Å². The van der Waals surface area contributed by atoms with E-state index in [0.717, 1.165) is 22.6 Å². The third-order valence-corrected chi connectivity index (χ3v) is 5.51. The van der Waals surface area contributed by atoms with E-state index < -0.39 is 17.9 Å². The Kier molecular flexibility index (Phi) is 7.33. The van der Waals surface area contributed by atoms with Crippen molar-refractivity contribution < 1.29 is 14.4 Å². The van der Waals surface area contributed by atoms with Crippen LogP contribution in [0.25, 0.3) is 5.69 Å². The highest BCUT2D eigenvalue weighted by Crippen LogP contribution is 2.20. The lowest BCUT2D eigenvalue weighted by atomic mass is 10.0. The number of rotatable bonds is 6. The van der Waals surface area contributed by atoms with Gasteiger partial charge in [-0.2, -0.15) is 0 Å². The number of hydrazine groups is 1. The van der Waals surface area contributed by atoms with Gasteiger partial charge in [0.25, 0.3) is 17.7 Å². The molecule has 0 aliphatic heterocycles. The van der Waals surface area contributed by atoms with Gasteiger partial charge in [0, 0.05) is 22.6 Å². The Morgan fingerprint density at radius 2 is 1.52 bits per heavy atom. The average molecular weight is 447 g/mol. The second-order valence-electron chi connectivity index (χ2n) is 8.46. The Hall–Kier alpha value is -3.87. The van der Waals surface area contributed by atoms with Gasteiger partial charge in [-0.1, -0.05) is 49.7 Å². The summed E-state index contributed by atoms with van der Waals surface area (Å²) in [6.45, 7) is 9.33. The fourth-order valence-corrected chi connectivity index (χ4v) is 3.78. The predicted molar refractivity (Wildman–Crippen MR) is 128 cm³/mol. The van der Waals surface area contributed by atoms with Crippen molar-refractivity contribution in [2.24, 2.45) is 5.92 Å². The minimum absolute atomic E-state index is 0.182. The molecule has 0 spiro atoms. The first-order chi connectivity index (χ1) is 15.7. The van der Waals surface area contributed by atoms with Crippen LogP contribution in [0.2, 0.25) is 0 Å². The van der Waals surface area contributed by atoms with Crippen LogP contribution in [-0.2, 0) is 4.79 Å². The molecule has 1 atom stereocenters. The van der Waals surface area contributed by atoms with Crippen LogP contribution < -0.4 is 16.2 Å². The first-order valence-electron chi connectivity index (χ1n) is 10.9. The lowest BCUT2D eigenvalue weighted by Gasteiger charge is -2.22. The Morgan fingerprint density at radius 3 is 2.15 bits per heavy atom. The van der Waals surface area contributed by atoms with E-state index in [4.69, 9.17) is 0 Å². The molecule has 0 radical (unpaired) electrons. The monoisotopic (exact) mass is 446 g/mol. The van der Waals surface area contributed by atoms with Crippen LogP contribution in [0.3, 0.4) is 0 Å².